The number of hydrogen-bond donors (Lipinski definition) is 2. The highest BCUT2D eigenvalue weighted by Gasteiger charge is 2.27. The molecule has 6 rings (SSSR count). The van der Waals surface area contributed by atoms with Crippen LogP contribution in [0.2, 0.25) is 0 Å². The number of nitrogens with one attached hydrogen (secondary N) is 2. The van der Waals surface area contributed by atoms with Crippen molar-refractivity contribution in [3.8, 4) is 22.6 Å². The number of carbonyl (C=O) groups excluding carboxylic acids is 1. The average molecular weight is 490 g/mol. The van der Waals surface area contributed by atoms with Crippen molar-refractivity contribution < 1.29 is 4.79 Å². The van der Waals surface area contributed by atoms with E-state index in [2.05, 4.69) is 45.6 Å². The molecule has 0 atom stereocenters. The third-order valence-electron chi connectivity index (χ3n) is 6.90. The molecule has 1 aliphatic heterocycles. The van der Waals surface area contributed by atoms with Crippen molar-refractivity contribution in [2.45, 2.75) is 26.3 Å². The lowest BCUT2D eigenvalue weighted by atomic mass is 10.0. The highest BCUT2D eigenvalue weighted by Crippen LogP contribution is 2.29. The van der Waals surface area contributed by atoms with Crippen LogP contribution in [0.25, 0.3) is 33.5 Å². The molecule has 0 fully saturated rings. The number of fused-ring (bicyclic) bond motifs is 2. The van der Waals surface area contributed by atoms with Gasteiger partial charge < -0.3 is 10.2 Å². The standard InChI is InChI=1S/C29H27N7O/c1-3-18-8-10-19(11-9-18)24-15-25(35-34-24)29(37)36-13-12-22-26(17-36)32-27(33-28(22)30-2)21-14-20-6-4-5-7-23(20)31-16-21/h4-11,14-16H,3,12-13,17H2,1-2H3,(H,34,35)(H,30,32,33). The summed E-state index contributed by atoms with van der Waals surface area (Å²) in [5, 5.41) is 11.6. The van der Waals surface area contributed by atoms with E-state index in [1.54, 1.807) is 6.20 Å². The average Bonchev–Trinajstić information content (AvgIpc) is 3.46. The number of pyridine rings is 1. The van der Waals surface area contributed by atoms with Crippen LogP contribution in [0.5, 0.6) is 0 Å². The summed E-state index contributed by atoms with van der Waals surface area (Å²) in [7, 11) is 1.86. The van der Waals surface area contributed by atoms with Crippen molar-refractivity contribution in [3.63, 3.8) is 0 Å². The van der Waals surface area contributed by atoms with Crippen LogP contribution in [-0.2, 0) is 19.4 Å². The predicted molar refractivity (Wildman–Crippen MR) is 144 cm³/mol. The van der Waals surface area contributed by atoms with Gasteiger partial charge in [0.05, 0.1) is 23.4 Å². The molecule has 0 aliphatic carbocycles. The van der Waals surface area contributed by atoms with Crippen LogP contribution in [0, 0.1) is 0 Å². The number of aromatic nitrogens is 5. The summed E-state index contributed by atoms with van der Waals surface area (Å²) in [5.74, 6) is 1.29. The Kier molecular flexibility index (Phi) is 5.84. The molecule has 4 heterocycles. The molecule has 0 spiro atoms. The lowest BCUT2D eigenvalue weighted by Crippen LogP contribution is -2.37. The Bertz CT molecular complexity index is 1610. The van der Waals surface area contributed by atoms with E-state index in [-0.39, 0.29) is 5.91 Å². The summed E-state index contributed by atoms with van der Waals surface area (Å²) in [6, 6.07) is 20.1. The number of amides is 1. The summed E-state index contributed by atoms with van der Waals surface area (Å²) in [6.07, 6.45) is 3.46. The molecule has 1 amide bonds. The van der Waals surface area contributed by atoms with Crippen molar-refractivity contribution in [2.75, 3.05) is 18.9 Å². The van der Waals surface area contributed by atoms with Gasteiger partial charge in [0.1, 0.15) is 11.5 Å². The third kappa shape index (κ3) is 4.31. The van der Waals surface area contributed by atoms with Crippen LogP contribution in [0.15, 0.2) is 66.9 Å². The molecular weight excluding hydrogens is 462 g/mol. The van der Waals surface area contributed by atoms with Gasteiger partial charge in [-0.3, -0.25) is 14.9 Å². The van der Waals surface area contributed by atoms with Crippen LogP contribution in [0.3, 0.4) is 0 Å². The number of aryl methyl sites for hydroxylation is 1. The van der Waals surface area contributed by atoms with E-state index in [4.69, 9.17) is 9.97 Å². The van der Waals surface area contributed by atoms with Crippen molar-refractivity contribution in [1.82, 2.24) is 30.0 Å². The van der Waals surface area contributed by atoms with Crippen LogP contribution >= 0.6 is 0 Å². The lowest BCUT2D eigenvalue weighted by molar-refractivity contribution is 0.0726. The van der Waals surface area contributed by atoms with Gasteiger partial charge in [-0.25, -0.2) is 9.97 Å². The smallest absolute Gasteiger partial charge is 0.272 e. The molecule has 8 nitrogen and oxygen atoms in total. The SMILES string of the molecule is CCc1ccc(-c2cc(C(=O)N3CCc4c(nc(-c5cnc6ccccc6c5)nc4NC)C3)[nH]n2)cc1. The first-order chi connectivity index (χ1) is 18.1. The van der Waals surface area contributed by atoms with Gasteiger partial charge in [0.15, 0.2) is 5.82 Å². The van der Waals surface area contributed by atoms with Gasteiger partial charge in [0.25, 0.3) is 5.91 Å². The van der Waals surface area contributed by atoms with Gasteiger partial charge in [-0.15, -0.1) is 0 Å². The van der Waals surface area contributed by atoms with E-state index < -0.39 is 0 Å². The number of benzene rings is 2. The van der Waals surface area contributed by atoms with Crippen LogP contribution < -0.4 is 5.32 Å². The summed E-state index contributed by atoms with van der Waals surface area (Å²) >= 11 is 0. The number of hydrogen-bond acceptors (Lipinski definition) is 6. The highest BCUT2D eigenvalue weighted by molar-refractivity contribution is 5.93. The van der Waals surface area contributed by atoms with Crippen molar-refractivity contribution in [2.24, 2.45) is 0 Å². The zero-order valence-electron chi connectivity index (χ0n) is 20.8. The van der Waals surface area contributed by atoms with Gasteiger partial charge in [-0.2, -0.15) is 5.10 Å². The zero-order chi connectivity index (χ0) is 25.4. The quantitative estimate of drug-likeness (QED) is 0.365. The maximum atomic E-state index is 13.4. The van der Waals surface area contributed by atoms with Gasteiger partial charge in [0.2, 0.25) is 0 Å². The van der Waals surface area contributed by atoms with Crippen LogP contribution in [0.1, 0.15) is 34.2 Å². The number of nitrogens with zero attached hydrogens (tertiary/aromatic N) is 5. The summed E-state index contributed by atoms with van der Waals surface area (Å²) in [4.78, 5) is 29.4. The molecule has 3 aromatic heterocycles. The summed E-state index contributed by atoms with van der Waals surface area (Å²) in [5.41, 5.74) is 7.14. The third-order valence-corrected chi connectivity index (χ3v) is 6.90. The van der Waals surface area contributed by atoms with Crippen molar-refractivity contribution in [1.29, 1.82) is 0 Å². The molecule has 1 aliphatic rings. The predicted octanol–water partition coefficient (Wildman–Crippen LogP) is 4.88. The molecule has 0 bridgehead atoms. The molecule has 0 radical (unpaired) electrons. The molecule has 5 aromatic rings. The maximum absolute atomic E-state index is 13.4. The number of H-pyrrole nitrogens is 1. The number of anilines is 1. The first kappa shape index (κ1) is 22.8. The monoisotopic (exact) mass is 489 g/mol. The number of aromatic amines is 1. The molecule has 8 heteroatoms. The second-order valence-electron chi connectivity index (χ2n) is 9.18. The Morgan fingerprint density at radius 1 is 1.05 bits per heavy atom. The molecule has 37 heavy (non-hydrogen) atoms. The number of para-hydroxylation sites is 1. The van der Waals surface area contributed by atoms with E-state index >= 15 is 0 Å². The Morgan fingerprint density at radius 3 is 2.70 bits per heavy atom. The fraction of sp³-hybridized carbons (Fsp3) is 0.207. The molecule has 2 aromatic carbocycles. The van der Waals surface area contributed by atoms with Crippen molar-refractivity contribution in [3.05, 3.63) is 89.4 Å². The number of carbonyl (C=O) groups is 1. The first-order valence-electron chi connectivity index (χ1n) is 12.5. The van der Waals surface area contributed by atoms with Gasteiger partial charge in [-0.05, 0) is 36.6 Å². The van der Waals surface area contributed by atoms with E-state index in [0.29, 0.717) is 31.0 Å². The Balaban J connectivity index is 1.28. The van der Waals surface area contributed by atoms with Crippen LogP contribution in [-0.4, -0.2) is 49.5 Å². The zero-order valence-corrected chi connectivity index (χ0v) is 20.8. The minimum absolute atomic E-state index is 0.0897. The minimum atomic E-state index is -0.0897. The fourth-order valence-corrected chi connectivity index (χ4v) is 4.79. The van der Waals surface area contributed by atoms with E-state index in [1.807, 2.05) is 54.4 Å². The van der Waals surface area contributed by atoms with Crippen LogP contribution in [0.4, 0.5) is 5.82 Å². The first-order valence-corrected chi connectivity index (χ1v) is 12.5. The molecule has 184 valence electrons. The Hall–Kier alpha value is -4.59. The summed E-state index contributed by atoms with van der Waals surface area (Å²) < 4.78 is 0. The Morgan fingerprint density at radius 2 is 1.89 bits per heavy atom. The fourth-order valence-electron chi connectivity index (χ4n) is 4.79. The molecule has 2 N–H and O–H groups in total. The van der Waals surface area contributed by atoms with Crippen molar-refractivity contribution >= 4 is 22.6 Å². The second-order valence-corrected chi connectivity index (χ2v) is 9.18. The largest absolute Gasteiger partial charge is 0.373 e. The van der Waals surface area contributed by atoms with Gasteiger partial charge in [-0.1, -0.05) is 49.4 Å². The van der Waals surface area contributed by atoms with E-state index in [0.717, 1.165) is 51.2 Å². The van der Waals surface area contributed by atoms with Gasteiger partial charge in [0, 0.05) is 41.9 Å². The molecule has 0 saturated carbocycles. The molecule has 0 unspecified atom stereocenters. The van der Waals surface area contributed by atoms with E-state index in [1.165, 1.54) is 5.56 Å². The summed E-state index contributed by atoms with van der Waals surface area (Å²) in [6.45, 7) is 3.11. The topological polar surface area (TPSA) is 99.7 Å². The second kappa shape index (κ2) is 9.46. The minimum Gasteiger partial charge on any atom is -0.373 e. The molecule has 0 saturated heterocycles. The normalized spacial score (nSPS) is 13.0. The molecular formula is C29H27N7O. The number of rotatable bonds is 5. The Labute approximate surface area is 214 Å². The maximum Gasteiger partial charge on any atom is 0.272 e. The lowest BCUT2D eigenvalue weighted by Gasteiger charge is -2.29. The van der Waals surface area contributed by atoms with E-state index in [9.17, 15) is 4.79 Å². The highest BCUT2D eigenvalue weighted by atomic mass is 16.2. The van der Waals surface area contributed by atoms with Gasteiger partial charge >= 0.3 is 0 Å².